The van der Waals surface area contributed by atoms with Gasteiger partial charge in [0.15, 0.2) is 6.17 Å². The van der Waals surface area contributed by atoms with E-state index >= 15 is 0 Å². The summed E-state index contributed by atoms with van der Waals surface area (Å²) >= 11 is 1.90. The van der Waals surface area contributed by atoms with Crippen LogP contribution in [-0.4, -0.2) is 11.7 Å². The van der Waals surface area contributed by atoms with Gasteiger partial charge in [-0.15, -0.1) is 11.3 Å². The number of amidine groups is 2. The van der Waals surface area contributed by atoms with Crippen molar-refractivity contribution in [3.63, 3.8) is 0 Å². The molecule has 2 unspecified atom stereocenters. The Bertz CT molecular complexity index is 3060. The summed E-state index contributed by atoms with van der Waals surface area (Å²) < 4.78 is 9.22. The highest BCUT2D eigenvalue weighted by molar-refractivity contribution is 7.26. The summed E-state index contributed by atoms with van der Waals surface area (Å²) in [6.45, 7) is 0. The fraction of sp³-hybridized carbons (Fsp3) is 0.0612. The number of benzene rings is 7. The summed E-state index contributed by atoms with van der Waals surface area (Å²) in [4.78, 5) is 10.2. The fourth-order valence-corrected chi connectivity index (χ4v) is 9.64. The molecule has 1 aliphatic heterocycles. The minimum absolute atomic E-state index is 0.200. The molecule has 1 N–H and O–H groups in total. The van der Waals surface area contributed by atoms with Gasteiger partial charge >= 0.3 is 0 Å². The number of hydrogen-bond donors (Lipinski definition) is 1. The molecular weight excluding hydrogens is 679 g/mol. The van der Waals surface area contributed by atoms with Gasteiger partial charge in [-0.25, -0.2) is 9.98 Å². The maximum Gasteiger partial charge on any atom is 0.169 e. The van der Waals surface area contributed by atoms with Crippen LogP contribution in [0.2, 0.25) is 0 Å². The maximum atomic E-state index is 6.59. The molecule has 11 rings (SSSR count). The van der Waals surface area contributed by atoms with Crippen molar-refractivity contribution < 1.29 is 4.42 Å². The lowest BCUT2D eigenvalue weighted by Crippen LogP contribution is -2.37. The van der Waals surface area contributed by atoms with Crippen molar-refractivity contribution in [1.82, 2.24) is 5.32 Å². The molecule has 7 aromatic carbocycles. The minimum Gasteiger partial charge on any atom is -0.455 e. The lowest BCUT2D eigenvalue weighted by molar-refractivity contribution is 0.673. The Morgan fingerprint density at radius 2 is 1.33 bits per heavy atom. The van der Waals surface area contributed by atoms with Gasteiger partial charge in [0, 0.05) is 47.8 Å². The first kappa shape index (κ1) is 31.0. The van der Waals surface area contributed by atoms with Crippen LogP contribution in [-0.2, 0) is 0 Å². The standard InChI is InChI=1S/C49H33N3OS/c1-3-13-31(14-4-1)47-50-48(32-15-5-2-6-16-32)52-49(51-47)35-18-9-17-33(28-35)37-20-10-22-41-42-23-11-21-38(46(42)54-45(37)41)34-25-26-39-40-27-24-30-12-7-8-19-36(30)44(40)53-43(39)29-34/h1-27,29,33,47H,28H2,(H,50,51,52). The first-order valence-electron chi connectivity index (χ1n) is 18.4. The highest BCUT2D eigenvalue weighted by Crippen LogP contribution is 2.45. The molecule has 3 heterocycles. The highest BCUT2D eigenvalue weighted by Gasteiger charge is 2.26. The predicted octanol–water partition coefficient (Wildman–Crippen LogP) is 12.9. The summed E-state index contributed by atoms with van der Waals surface area (Å²) in [7, 11) is 0. The zero-order valence-corrected chi connectivity index (χ0v) is 30.1. The van der Waals surface area contributed by atoms with Crippen molar-refractivity contribution in [2.75, 3.05) is 0 Å². The summed E-state index contributed by atoms with van der Waals surface area (Å²) in [6.07, 6.45) is 7.27. The van der Waals surface area contributed by atoms with Crippen molar-refractivity contribution >= 4 is 75.9 Å². The molecule has 0 saturated carbocycles. The molecule has 0 radical (unpaired) electrons. The van der Waals surface area contributed by atoms with Crippen LogP contribution in [0.1, 0.15) is 35.2 Å². The van der Waals surface area contributed by atoms with Crippen LogP contribution in [0.5, 0.6) is 0 Å². The number of hydrogen-bond acceptors (Lipinski definition) is 5. The topological polar surface area (TPSA) is 49.9 Å². The second-order valence-electron chi connectivity index (χ2n) is 14.1. The molecule has 2 aromatic heterocycles. The Hall–Kier alpha value is -6.56. The monoisotopic (exact) mass is 711 g/mol. The van der Waals surface area contributed by atoms with Gasteiger partial charge in [-0.1, -0.05) is 152 Å². The molecule has 54 heavy (non-hydrogen) atoms. The predicted molar refractivity (Wildman–Crippen MR) is 227 cm³/mol. The van der Waals surface area contributed by atoms with E-state index in [0.717, 1.165) is 62.1 Å². The Kier molecular flexibility index (Phi) is 7.20. The van der Waals surface area contributed by atoms with E-state index in [1.54, 1.807) is 0 Å². The second kappa shape index (κ2) is 12.5. The average molecular weight is 712 g/mol. The maximum absolute atomic E-state index is 6.59. The third-order valence-corrected chi connectivity index (χ3v) is 12.2. The molecule has 2 aliphatic rings. The molecule has 0 amide bonds. The Morgan fingerprint density at radius 3 is 2.22 bits per heavy atom. The van der Waals surface area contributed by atoms with E-state index in [4.69, 9.17) is 14.4 Å². The zero-order valence-electron chi connectivity index (χ0n) is 29.2. The van der Waals surface area contributed by atoms with Crippen molar-refractivity contribution in [1.29, 1.82) is 0 Å². The first-order chi connectivity index (χ1) is 26.7. The van der Waals surface area contributed by atoms with E-state index in [9.17, 15) is 0 Å². The van der Waals surface area contributed by atoms with Crippen molar-refractivity contribution in [3.8, 4) is 11.1 Å². The lowest BCUT2D eigenvalue weighted by atomic mass is 9.87. The zero-order chi connectivity index (χ0) is 35.6. The SMILES string of the molecule is C1=CC(c2cccc3c2sc2c(-c4ccc5c(c4)oc4c6ccccc6ccc54)cccc23)CC(C2=NC(c3ccccc3)N=C(c3ccccc3)N2)=C1. The first-order valence-corrected chi connectivity index (χ1v) is 19.3. The van der Waals surface area contributed by atoms with Gasteiger partial charge in [0.05, 0.1) is 0 Å². The van der Waals surface area contributed by atoms with Crippen LogP contribution in [0.15, 0.2) is 190 Å². The van der Waals surface area contributed by atoms with Crippen molar-refractivity contribution in [2.24, 2.45) is 9.98 Å². The van der Waals surface area contributed by atoms with E-state index in [-0.39, 0.29) is 12.1 Å². The number of nitrogens with zero attached hydrogens (tertiary/aromatic N) is 2. The van der Waals surface area contributed by atoms with Gasteiger partial charge in [-0.2, -0.15) is 0 Å². The fourth-order valence-electron chi connectivity index (χ4n) is 8.23. The van der Waals surface area contributed by atoms with Crippen molar-refractivity contribution in [2.45, 2.75) is 18.5 Å². The third kappa shape index (κ3) is 5.12. The number of aliphatic imine (C=N–C) groups is 2. The smallest absolute Gasteiger partial charge is 0.169 e. The third-order valence-electron chi connectivity index (χ3n) is 10.9. The van der Waals surface area contributed by atoms with Gasteiger partial charge in [-0.05, 0) is 57.8 Å². The number of allylic oxidation sites excluding steroid dienone is 3. The Balaban J connectivity index is 0.962. The van der Waals surface area contributed by atoms with Crippen LogP contribution >= 0.6 is 11.3 Å². The van der Waals surface area contributed by atoms with Crippen molar-refractivity contribution in [3.05, 3.63) is 192 Å². The molecule has 5 heteroatoms. The minimum atomic E-state index is -0.314. The van der Waals surface area contributed by atoms with Gasteiger partial charge in [0.1, 0.15) is 22.8 Å². The van der Waals surface area contributed by atoms with E-state index in [2.05, 4.69) is 163 Å². The van der Waals surface area contributed by atoms with Crippen LogP contribution in [0, 0.1) is 0 Å². The normalized spacial score (nSPS) is 17.2. The molecule has 0 spiro atoms. The number of rotatable bonds is 5. The van der Waals surface area contributed by atoms with E-state index in [1.165, 1.54) is 42.3 Å². The van der Waals surface area contributed by atoms with Gasteiger partial charge in [0.25, 0.3) is 0 Å². The number of nitrogens with one attached hydrogen (secondary N) is 1. The molecule has 256 valence electrons. The number of fused-ring (bicyclic) bond motifs is 8. The largest absolute Gasteiger partial charge is 0.455 e. The quantitative estimate of drug-likeness (QED) is 0.193. The van der Waals surface area contributed by atoms with Gasteiger partial charge in [-0.3, -0.25) is 0 Å². The Morgan fingerprint density at radius 1 is 0.593 bits per heavy atom. The lowest BCUT2D eigenvalue weighted by Gasteiger charge is -2.26. The molecule has 0 bridgehead atoms. The number of furan rings is 1. The van der Waals surface area contributed by atoms with E-state index < -0.39 is 0 Å². The molecule has 1 aliphatic carbocycles. The van der Waals surface area contributed by atoms with Crippen LogP contribution in [0.4, 0.5) is 0 Å². The van der Waals surface area contributed by atoms with Crippen LogP contribution in [0.25, 0.3) is 64.0 Å². The molecule has 0 saturated heterocycles. The van der Waals surface area contributed by atoms with Gasteiger partial charge in [0.2, 0.25) is 0 Å². The average Bonchev–Trinajstić information content (AvgIpc) is 3.83. The summed E-state index contributed by atoms with van der Waals surface area (Å²) in [5, 5.41) is 10.8. The molecule has 4 nitrogen and oxygen atoms in total. The van der Waals surface area contributed by atoms with Crippen LogP contribution < -0.4 is 5.32 Å². The van der Waals surface area contributed by atoms with Gasteiger partial charge < -0.3 is 9.73 Å². The summed E-state index contributed by atoms with van der Waals surface area (Å²) in [6, 6.07) is 53.7. The summed E-state index contributed by atoms with van der Waals surface area (Å²) in [5.74, 6) is 1.92. The molecule has 9 aromatic rings. The number of thiophene rings is 1. The van der Waals surface area contributed by atoms with Crippen LogP contribution in [0.3, 0.4) is 0 Å². The molecule has 2 atom stereocenters. The Labute approximate surface area is 316 Å². The molecule has 0 fully saturated rings. The molecular formula is C49H33N3OS. The van der Waals surface area contributed by atoms with E-state index in [0.29, 0.717) is 0 Å². The second-order valence-corrected chi connectivity index (χ2v) is 15.1. The highest BCUT2D eigenvalue weighted by atomic mass is 32.1. The summed E-state index contributed by atoms with van der Waals surface area (Å²) in [5.41, 5.74) is 8.91. The van der Waals surface area contributed by atoms with E-state index in [1.807, 2.05) is 23.5 Å².